The molecule has 2 aliphatic heterocycles. The Hall–Kier alpha value is -0.970. The van der Waals surface area contributed by atoms with Crippen molar-refractivity contribution in [1.29, 1.82) is 0 Å². The van der Waals surface area contributed by atoms with Crippen LogP contribution >= 0.6 is 11.8 Å². The highest BCUT2D eigenvalue weighted by molar-refractivity contribution is 8.00. The molecule has 1 unspecified atom stereocenters. The molecule has 0 aliphatic carbocycles. The van der Waals surface area contributed by atoms with E-state index in [0.717, 1.165) is 38.1 Å². The van der Waals surface area contributed by atoms with E-state index in [1.165, 1.54) is 6.08 Å². The van der Waals surface area contributed by atoms with Crippen LogP contribution in [0.1, 0.15) is 26.2 Å². The van der Waals surface area contributed by atoms with Crippen molar-refractivity contribution in [2.45, 2.75) is 31.4 Å². The lowest BCUT2D eigenvalue weighted by Gasteiger charge is -2.37. The van der Waals surface area contributed by atoms with E-state index in [0.29, 0.717) is 24.2 Å². The van der Waals surface area contributed by atoms with Gasteiger partial charge in [-0.3, -0.25) is 9.59 Å². The highest BCUT2D eigenvalue weighted by Gasteiger charge is 2.31. The van der Waals surface area contributed by atoms with Crippen molar-refractivity contribution in [3.05, 3.63) is 12.7 Å². The fourth-order valence-corrected chi connectivity index (χ4v) is 4.08. The Morgan fingerprint density at radius 1 is 1.25 bits per heavy atom. The van der Waals surface area contributed by atoms with E-state index in [9.17, 15) is 9.59 Å². The predicted molar refractivity (Wildman–Crippen MR) is 82.6 cm³/mol. The number of carbonyl (C=O) groups is 2. The molecule has 5 heteroatoms. The summed E-state index contributed by atoms with van der Waals surface area (Å²) in [5, 5.41) is 0.593. The normalized spacial score (nSPS) is 24.6. The van der Waals surface area contributed by atoms with Gasteiger partial charge in [-0.1, -0.05) is 13.5 Å². The Kier molecular flexibility index (Phi) is 5.52. The Balaban J connectivity index is 1.85. The zero-order valence-corrected chi connectivity index (χ0v) is 13.0. The predicted octanol–water partition coefficient (Wildman–Crippen LogP) is 1.77. The van der Waals surface area contributed by atoms with Crippen LogP contribution in [-0.4, -0.2) is 58.8 Å². The number of carbonyl (C=O) groups excluding carboxylic acids is 2. The fraction of sp³-hybridized carbons (Fsp3) is 0.733. The first-order valence-electron chi connectivity index (χ1n) is 7.47. The van der Waals surface area contributed by atoms with Crippen LogP contribution in [0.3, 0.4) is 0 Å². The first-order chi connectivity index (χ1) is 9.65. The molecular formula is C15H24N2O2S. The number of nitrogens with zero attached hydrogens (tertiary/aromatic N) is 2. The second-order valence-electron chi connectivity index (χ2n) is 5.49. The van der Waals surface area contributed by atoms with E-state index in [4.69, 9.17) is 0 Å². The van der Waals surface area contributed by atoms with Gasteiger partial charge in [0.15, 0.2) is 0 Å². The summed E-state index contributed by atoms with van der Waals surface area (Å²) in [6.45, 7) is 8.84. The van der Waals surface area contributed by atoms with Crippen LogP contribution in [0.2, 0.25) is 0 Å². The van der Waals surface area contributed by atoms with Crippen molar-refractivity contribution < 1.29 is 9.59 Å². The summed E-state index contributed by atoms with van der Waals surface area (Å²) in [4.78, 5) is 27.9. The summed E-state index contributed by atoms with van der Waals surface area (Å²) in [6, 6.07) is 0. The summed E-state index contributed by atoms with van der Waals surface area (Å²) in [6.07, 6.45) is 4.06. The Bertz CT molecular complexity index is 378. The number of hydrogen-bond acceptors (Lipinski definition) is 3. The standard InChI is InChI=1S/C15H24N2O2S/c1-3-13-11-17(9-10-20-13)15(19)12-5-7-16(8-6-12)14(18)4-2/h4,12-13H,2-3,5-11H2,1H3. The van der Waals surface area contributed by atoms with Crippen molar-refractivity contribution in [3.63, 3.8) is 0 Å². The summed E-state index contributed by atoms with van der Waals surface area (Å²) in [5.74, 6) is 1.44. The number of likely N-dealkylation sites (tertiary alicyclic amines) is 1. The fourth-order valence-electron chi connectivity index (χ4n) is 2.90. The molecule has 2 fully saturated rings. The third-order valence-corrected chi connectivity index (χ3v) is 5.61. The minimum atomic E-state index is -0.0173. The van der Waals surface area contributed by atoms with E-state index < -0.39 is 0 Å². The highest BCUT2D eigenvalue weighted by Crippen LogP contribution is 2.25. The van der Waals surface area contributed by atoms with Crippen LogP contribution in [0.5, 0.6) is 0 Å². The molecular weight excluding hydrogens is 272 g/mol. The molecule has 0 aromatic carbocycles. The smallest absolute Gasteiger partial charge is 0.245 e. The Morgan fingerprint density at radius 2 is 1.95 bits per heavy atom. The minimum absolute atomic E-state index is 0.0173. The van der Waals surface area contributed by atoms with Gasteiger partial charge in [0, 0.05) is 43.1 Å². The van der Waals surface area contributed by atoms with Crippen molar-refractivity contribution in [1.82, 2.24) is 9.80 Å². The lowest BCUT2D eigenvalue weighted by molar-refractivity contribution is -0.139. The monoisotopic (exact) mass is 296 g/mol. The summed E-state index contributed by atoms with van der Waals surface area (Å²) in [7, 11) is 0. The molecule has 2 rings (SSSR count). The molecule has 2 heterocycles. The van der Waals surface area contributed by atoms with Crippen molar-refractivity contribution >= 4 is 23.6 Å². The zero-order chi connectivity index (χ0) is 14.5. The molecule has 0 spiro atoms. The van der Waals surface area contributed by atoms with Crippen LogP contribution < -0.4 is 0 Å². The van der Waals surface area contributed by atoms with Gasteiger partial charge in [0.1, 0.15) is 0 Å². The molecule has 0 saturated carbocycles. The zero-order valence-electron chi connectivity index (χ0n) is 12.2. The van der Waals surface area contributed by atoms with E-state index in [-0.39, 0.29) is 11.8 Å². The second-order valence-corrected chi connectivity index (χ2v) is 6.90. The molecule has 0 aromatic rings. The van der Waals surface area contributed by atoms with Gasteiger partial charge >= 0.3 is 0 Å². The lowest BCUT2D eigenvalue weighted by Crippen LogP contribution is -2.48. The molecule has 4 nitrogen and oxygen atoms in total. The number of piperidine rings is 1. The third-order valence-electron chi connectivity index (χ3n) is 4.24. The number of thioether (sulfide) groups is 1. The molecule has 0 radical (unpaired) electrons. The highest BCUT2D eigenvalue weighted by atomic mass is 32.2. The first kappa shape index (κ1) is 15.4. The molecule has 20 heavy (non-hydrogen) atoms. The number of rotatable bonds is 3. The van der Waals surface area contributed by atoms with Gasteiger partial charge in [-0.15, -0.1) is 0 Å². The van der Waals surface area contributed by atoms with Crippen molar-refractivity contribution in [3.8, 4) is 0 Å². The van der Waals surface area contributed by atoms with E-state index >= 15 is 0 Å². The molecule has 2 aliphatic rings. The first-order valence-corrected chi connectivity index (χ1v) is 8.52. The van der Waals surface area contributed by atoms with Gasteiger partial charge in [-0.05, 0) is 25.3 Å². The summed E-state index contributed by atoms with van der Waals surface area (Å²) < 4.78 is 0. The minimum Gasteiger partial charge on any atom is -0.341 e. The average Bonchev–Trinajstić information content (AvgIpc) is 2.53. The van der Waals surface area contributed by atoms with Gasteiger partial charge in [0.05, 0.1) is 0 Å². The summed E-state index contributed by atoms with van der Waals surface area (Å²) >= 11 is 1.98. The number of hydrogen-bond donors (Lipinski definition) is 0. The van der Waals surface area contributed by atoms with Crippen LogP contribution in [0.4, 0.5) is 0 Å². The molecule has 1 atom stereocenters. The molecule has 0 aromatic heterocycles. The largest absolute Gasteiger partial charge is 0.341 e. The van der Waals surface area contributed by atoms with Crippen molar-refractivity contribution in [2.75, 3.05) is 31.9 Å². The topological polar surface area (TPSA) is 40.6 Å². The van der Waals surface area contributed by atoms with Crippen LogP contribution in [0.25, 0.3) is 0 Å². The van der Waals surface area contributed by atoms with Gasteiger partial charge in [-0.2, -0.15) is 11.8 Å². The Labute approximate surface area is 125 Å². The molecule has 2 saturated heterocycles. The average molecular weight is 296 g/mol. The quantitative estimate of drug-likeness (QED) is 0.745. The van der Waals surface area contributed by atoms with Crippen LogP contribution in [0.15, 0.2) is 12.7 Å². The summed E-state index contributed by atoms with van der Waals surface area (Å²) in [5.41, 5.74) is 0. The van der Waals surface area contributed by atoms with Crippen LogP contribution in [-0.2, 0) is 9.59 Å². The van der Waals surface area contributed by atoms with Crippen molar-refractivity contribution in [2.24, 2.45) is 5.92 Å². The van der Waals surface area contributed by atoms with Gasteiger partial charge in [0.25, 0.3) is 0 Å². The number of amides is 2. The second kappa shape index (κ2) is 7.16. The SMILES string of the molecule is C=CC(=O)N1CCC(C(=O)N2CCSC(CC)C2)CC1. The maximum Gasteiger partial charge on any atom is 0.245 e. The van der Waals surface area contributed by atoms with E-state index in [1.54, 1.807) is 4.90 Å². The van der Waals surface area contributed by atoms with Gasteiger partial charge in [0.2, 0.25) is 11.8 Å². The van der Waals surface area contributed by atoms with E-state index in [1.807, 2.05) is 16.7 Å². The Morgan fingerprint density at radius 3 is 2.55 bits per heavy atom. The third kappa shape index (κ3) is 3.57. The molecule has 112 valence electrons. The molecule has 2 amide bonds. The van der Waals surface area contributed by atoms with E-state index in [2.05, 4.69) is 13.5 Å². The maximum absolute atomic E-state index is 12.6. The van der Waals surface area contributed by atoms with Gasteiger partial charge in [-0.25, -0.2) is 0 Å². The maximum atomic E-state index is 12.6. The van der Waals surface area contributed by atoms with Gasteiger partial charge < -0.3 is 9.80 Å². The molecule has 0 N–H and O–H groups in total. The molecule has 0 bridgehead atoms. The lowest BCUT2D eigenvalue weighted by atomic mass is 9.95. The van der Waals surface area contributed by atoms with Crippen LogP contribution in [0, 0.1) is 5.92 Å².